The van der Waals surface area contributed by atoms with Gasteiger partial charge in [-0.2, -0.15) is 0 Å². The molecule has 1 fully saturated rings. The van der Waals surface area contributed by atoms with Crippen LogP contribution in [0.4, 0.5) is 11.6 Å². The van der Waals surface area contributed by atoms with Gasteiger partial charge in [0.05, 0.1) is 0 Å². The lowest BCUT2D eigenvalue weighted by Gasteiger charge is -2.36. The number of rotatable bonds is 6. The Kier molecular flexibility index (Phi) is 5.99. The standard InChI is InChI=1S/C22H29N5/c1-2-7-19(8-3-1)17-23-18-20-9-6-12-25-22(20)27-15-13-26(14-16-27)21-10-4-5-11-24-21/h1-2,4-6,9-12,19,23H,3,7-8,13-18H2/t19-/m1/s1. The first kappa shape index (κ1) is 18.0. The fourth-order valence-electron chi connectivity index (χ4n) is 3.99. The number of nitrogens with zero attached hydrogens (tertiary/aromatic N) is 4. The van der Waals surface area contributed by atoms with Crippen LogP contribution in [0.3, 0.4) is 0 Å². The summed E-state index contributed by atoms with van der Waals surface area (Å²) in [5.74, 6) is 2.98. The minimum absolute atomic E-state index is 0.775. The molecule has 0 radical (unpaired) electrons. The second-order valence-corrected chi connectivity index (χ2v) is 7.43. The van der Waals surface area contributed by atoms with Crippen molar-refractivity contribution in [2.75, 3.05) is 42.5 Å². The van der Waals surface area contributed by atoms with E-state index in [9.17, 15) is 0 Å². The maximum Gasteiger partial charge on any atom is 0.133 e. The number of nitrogens with one attached hydrogen (secondary N) is 1. The van der Waals surface area contributed by atoms with Crippen molar-refractivity contribution in [2.45, 2.75) is 25.8 Å². The van der Waals surface area contributed by atoms with Crippen LogP contribution in [0.1, 0.15) is 24.8 Å². The Morgan fingerprint density at radius 2 is 1.78 bits per heavy atom. The van der Waals surface area contributed by atoms with Crippen LogP contribution in [0.25, 0.3) is 0 Å². The predicted octanol–water partition coefficient (Wildman–Crippen LogP) is 3.25. The highest BCUT2D eigenvalue weighted by Gasteiger charge is 2.20. The first-order chi connectivity index (χ1) is 13.4. The molecule has 0 bridgehead atoms. The van der Waals surface area contributed by atoms with Crippen LogP contribution in [0.2, 0.25) is 0 Å². The van der Waals surface area contributed by atoms with Crippen molar-refractivity contribution in [3.63, 3.8) is 0 Å². The number of piperazine rings is 1. The molecule has 5 nitrogen and oxygen atoms in total. The molecule has 4 rings (SSSR count). The van der Waals surface area contributed by atoms with Crippen molar-refractivity contribution in [2.24, 2.45) is 5.92 Å². The summed E-state index contributed by atoms with van der Waals surface area (Å²) in [6, 6.07) is 10.4. The van der Waals surface area contributed by atoms with Crippen molar-refractivity contribution in [3.05, 3.63) is 60.4 Å². The average molecular weight is 364 g/mol. The van der Waals surface area contributed by atoms with E-state index in [1.807, 2.05) is 24.5 Å². The fourth-order valence-corrected chi connectivity index (χ4v) is 3.99. The van der Waals surface area contributed by atoms with Gasteiger partial charge >= 0.3 is 0 Å². The molecule has 1 atom stereocenters. The molecule has 0 spiro atoms. The maximum absolute atomic E-state index is 4.71. The number of anilines is 2. The summed E-state index contributed by atoms with van der Waals surface area (Å²) < 4.78 is 0. The lowest BCUT2D eigenvalue weighted by atomic mass is 9.94. The molecule has 142 valence electrons. The van der Waals surface area contributed by atoms with E-state index in [4.69, 9.17) is 4.98 Å². The van der Waals surface area contributed by atoms with Crippen molar-refractivity contribution >= 4 is 11.6 Å². The van der Waals surface area contributed by atoms with Crippen LogP contribution in [0.5, 0.6) is 0 Å². The maximum atomic E-state index is 4.71. The van der Waals surface area contributed by atoms with Crippen molar-refractivity contribution < 1.29 is 0 Å². The number of allylic oxidation sites excluding steroid dienone is 2. The molecule has 0 aromatic carbocycles. The van der Waals surface area contributed by atoms with Gasteiger partial charge in [-0.3, -0.25) is 0 Å². The van der Waals surface area contributed by atoms with Gasteiger partial charge in [0.15, 0.2) is 0 Å². The van der Waals surface area contributed by atoms with Crippen LogP contribution in [-0.2, 0) is 6.54 Å². The number of hydrogen-bond donors (Lipinski definition) is 1. The Morgan fingerprint density at radius 3 is 2.56 bits per heavy atom. The lowest BCUT2D eigenvalue weighted by Crippen LogP contribution is -2.47. The molecule has 0 saturated carbocycles. The Bertz CT molecular complexity index is 737. The smallest absolute Gasteiger partial charge is 0.133 e. The quantitative estimate of drug-likeness (QED) is 0.798. The summed E-state index contributed by atoms with van der Waals surface area (Å²) in [7, 11) is 0. The summed E-state index contributed by atoms with van der Waals surface area (Å²) in [4.78, 5) is 14.0. The van der Waals surface area contributed by atoms with Gasteiger partial charge in [0.1, 0.15) is 11.6 Å². The Hall–Kier alpha value is -2.40. The lowest BCUT2D eigenvalue weighted by molar-refractivity contribution is 0.440. The number of aromatic nitrogens is 2. The van der Waals surface area contributed by atoms with Crippen LogP contribution < -0.4 is 15.1 Å². The van der Waals surface area contributed by atoms with Crippen LogP contribution in [-0.4, -0.2) is 42.7 Å². The van der Waals surface area contributed by atoms with E-state index in [1.165, 1.54) is 24.8 Å². The topological polar surface area (TPSA) is 44.3 Å². The molecule has 27 heavy (non-hydrogen) atoms. The van der Waals surface area contributed by atoms with E-state index in [2.05, 4.69) is 50.5 Å². The van der Waals surface area contributed by atoms with Gasteiger partial charge < -0.3 is 15.1 Å². The zero-order chi connectivity index (χ0) is 18.3. The van der Waals surface area contributed by atoms with E-state index >= 15 is 0 Å². The zero-order valence-electron chi connectivity index (χ0n) is 15.9. The molecule has 2 aliphatic rings. The summed E-state index contributed by atoms with van der Waals surface area (Å²) in [6.07, 6.45) is 12.2. The Labute approximate surface area is 162 Å². The third kappa shape index (κ3) is 4.66. The molecule has 0 amide bonds. The largest absolute Gasteiger partial charge is 0.353 e. The molecule has 0 unspecified atom stereocenters. The monoisotopic (exact) mass is 363 g/mol. The highest BCUT2D eigenvalue weighted by atomic mass is 15.3. The Morgan fingerprint density at radius 1 is 0.926 bits per heavy atom. The first-order valence-electron chi connectivity index (χ1n) is 10.1. The molecule has 1 aliphatic heterocycles. The van der Waals surface area contributed by atoms with Gasteiger partial charge in [-0.05, 0) is 49.9 Å². The van der Waals surface area contributed by atoms with Gasteiger partial charge in [0.2, 0.25) is 0 Å². The fraction of sp³-hybridized carbons (Fsp3) is 0.455. The van der Waals surface area contributed by atoms with E-state index in [1.54, 1.807) is 0 Å². The SMILES string of the molecule is C1=CC[C@@H](CNCc2cccnc2N2CCN(c3ccccn3)CC2)CC1. The normalized spacial score (nSPS) is 20.1. The second kappa shape index (κ2) is 9.00. The first-order valence-corrected chi connectivity index (χ1v) is 10.1. The molecule has 1 aliphatic carbocycles. The molecule has 3 heterocycles. The average Bonchev–Trinajstić information content (AvgIpc) is 2.76. The van der Waals surface area contributed by atoms with E-state index < -0.39 is 0 Å². The highest BCUT2D eigenvalue weighted by Crippen LogP contribution is 2.22. The third-order valence-corrected chi connectivity index (χ3v) is 5.55. The molecule has 2 aromatic rings. The Balaban J connectivity index is 1.33. The van der Waals surface area contributed by atoms with Crippen LogP contribution in [0, 0.1) is 5.92 Å². The van der Waals surface area contributed by atoms with Crippen molar-refractivity contribution in [3.8, 4) is 0 Å². The summed E-state index contributed by atoms with van der Waals surface area (Å²) in [6.45, 7) is 5.90. The van der Waals surface area contributed by atoms with Gasteiger partial charge in [0, 0.05) is 50.7 Å². The van der Waals surface area contributed by atoms with E-state index in [0.717, 1.165) is 56.8 Å². The minimum Gasteiger partial charge on any atom is -0.353 e. The van der Waals surface area contributed by atoms with E-state index in [0.29, 0.717) is 0 Å². The second-order valence-electron chi connectivity index (χ2n) is 7.43. The third-order valence-electron chi connectivity index (χ3n) is 5.55. The van der Waals surface area contributed by atoms with Crippen LogP contribution in [0.15, 0.2) is 54.9 Å². The summed E-state index contributed by atoms with van der Waals surface area (Å²) >= 11 is 0. The van der Waals surface area contributed by atoms with Gasteiger partial charge in [-0.25, -0.2) is 9.97 Å². The molecule has 1 saturated heterocycles. The molecular weight excluding hydrogens is 334 g/mol. The van der Waals surface area contributed by atoms with Gasteiger partial charge in [-0.15, -0.1) is 0 Å². The summed E-state index contributed by atoms with van der Waals surface area (Å²) in [5.41, 5.74) is 1.30. The number of hydrogen-bond acceptors (Lipinski definition) is 5. The minimum atomic E-state index is 0.775. The molecule has 1 N–H and O–H groups in total. The van der Waals surface area contributed by atoms with Crippen molar-refractivity contribution in [1.29, 1.82) is 0 Å². The van der Waals surface area contributed by atoms with Gasteiger partial charge in [0.25, 0.3) is 0 Å². The molecule has 2 aromatic heterocycles. The number of pyridine rings is 2. The highest BCUT2D eigenvalue weighted by molar-refractivity contribution is 5.49. The predicted molar refractivity (Wildman–Crippen MR) is 111 cm³/mol. The molecule has 5 heteroatoms. The zero-order valence-corrected chi connectivity index (χ0v) is 15.9. The van der Waals surface area contributed by atoms with Gasteiger partial charge in [-0.1, -0.05) is 24.3 Å². The van der Waals surface area contributed by atoms with E-state index in [-0.39, 0.29) is 0 Å². The molecular formula is C22H29N5. The summed E-state index contributed by atoms with van der Waals surface area (Å²) in [5, 5.41) is 3.66. The van der Waals surface area contributed by atoms with Crippen molar-refractivity contribution in [1.82, 2.24) is 15.3 Å². The van der Waals surface area contributed by atoms with Crippen LogP contribution >= 0.6 is 0 Å².